The van der Waals surface area contributed by atoms with Crippen molar-refractivity contribution in [1.82, 2.24) is 20.0 Å². The second kappa shape index (κ2) is 9.44. The first-order valence-corrected chi connectivity index (χ1v) is 11.3. The monoisotopic (exact) mass is 459 g/mol. The summed E-state index contributed by atoms with van der Waals surface area (Å²) in [6, 6.07) is 8.00. The smallest absolute Gasteiger partial charge is 0.237 e. The number of nitrogens with two attached hydrogens (primary N) is 2. The largest absolute Gasteiger partial charge is 0.474 e. The van der Waals surface area contributed by atoms with Gasteiger partial charge in [-0.05, 0) is 36.6 Å². The van der Waals surface area contributed by atoms with Crippen LogP contribution in [0.1, 0.15) is 22.4 Å². The van der Waals surface area contributed by atoms with E-state index in [2.05, 4.69) is 32.4 Å². The molecule has 0 saturated heterocycles. The first-order valence-electron chi connectivity index (χ1n) is 11.3. The second-order valence-corrected chi connectivity index (χ2v) is 8.40. The van der Waals surface area contributed by atoms with Crippen molar-refractivity contribution in [2.75, 3.05) is 35.2 Å². The van der Waals surface area contributed by atoms with E-state index in [0.717, 1.165) is 53.4 Å². The van der Waals surface area contributed by atoms with Gasteiger partial charge in [-0.15, -0.1) is 0 Å². The zero-order chi connectivity index (χ0) is 23.5. The highest BCUT2D eigenvalue weighted by atomic mass is 16.5. The van der Waals surface area contributed by atoms with Gasteiger partial charge in [0, 0.05) is 42.9 Å². The van der Waals surface area contributed by atoms with Crippen LogP contribution < -0.4 is 31.8 Å². The van der Waals surface area contributed by atoms with Crippen molar-refractivity contribution in [3.05, 3.63) is 71.4 Å². The summed E-state index contributed by atoms with van der Waals surface area (Å²) in [6.45, 7) is 5.71. The van der Waals surface area contributed by atoms with Crippen molar-refractivity contribution in [2.24, 2.45) is 11.6 Å². The minimum atomic E-state index is 0.567. The van der Waals surface area contributed by atoms with E-state index in [1.807, 2.05) is 36.7 Å². The number of hydrogen-bond donors (Lipinski definition) is 4. The zero-order valence-corrected chi connectivity index (χ0v) is 19.2. The highest BCUT2D eigenvalue weighted by Gasteiger charge is 2.24. The van der Waals surface area contributed by atoms with Gasteiger partial charge in [-0.25, -0.2) is 20.8 Å². The minimum Gasteiger partial charge on any atom is -0.474 e. The fraction of sp³-hybridized carbons (Fsp3) is 0.292. The summed E-state index contributed by atoms with van der Waals surface area (Å²) in [6.07, 6.45) is 7.76. The predicted octanol–water partition coefficient (Wildman–Crippen LogP) is 2.40. The average Bonchev–Trinajstić information content (AvgIpc) is 2.85. The van der Waals surface area contributed by atoms with E-state index in [0.29, 0.717) is 31.5 Å². The van der Waals surface area contributed by atoms with Crippen molar-refractivity contribution in [3.63, 3.8) is 0 Å². The molecule has 3 aromatic rings. The highest BCUT2D eigenvalue weighted by molar-refractivity contribution is 5.70. The standard InChI is InChI=1S/C24H29N9O/c1-16-21(13-28-23-22(16)27-8-11-34-23)32-9-6-18-12-29-24(31-20(18)15-32)30-19-4-2-17(3-5-19)14-33(26)10-7-25/h2-5,7,10,12-13,27H,6,8-9,11,14-15,25-26H2,1H3,(H,29,30,31)/b10-7-. The molecule has 0 spiro atoms. The minimum absolute atomic E-state index is 0.567. The first-order chi connectivity index (χ1) is 16.6. The van der Waals surface area contributed by atoms with Crippen LogP contribution in [-0.4, -0.2) is 39.7 Å². The van der Waals surface area contributed by atoms with Crippen LogP contribution in [0.25, 0.3) is 0 Å². The zero-order valence-electron chi connectivity index (χ0n) is 19.2. The maximum Gasteiger partial charge on any atom is 0.237 e. The SMILES string of the molecule is Cc1c(N2CCc3cnc(Nc4ccc(CN(N)/C=C\N)cc4)nc3C2)cnc2c1NCCO2. The van der Waals surface area contributed by atoms with Crippen LogP contribution in [0.3, 0.4) is 0 Å². The molecular weight excluding hydrogens is 430 g/mol. The summed E-state index contributed by atoms with van der Waals surface area (Å²) < 4.78 is 5.67. The Balaban J connectivity index is 1.30. The molecule has 0 bridgehead atoms. The summed E-state index contributed by atoms with van der Waals surface area (Å²) in [5.41, 5.74) is 12.8. The molecule has 2 aliphatic rings. The van der Waals surface area contributed by atoms with Crippen molar-refractivity contribution in [3.8, 4) is 5.88 Å². The Morgan fingerprint density at radius 2 is 2.09 bits per heavy atom. The number of ether oxygens (including phenoxy) is 1. The van der Waals surface area contributed by atoms with Gasteiger partial charge in [-0.2, -0.15) is 0 Å². The number of nitrogens with one attached hydrogen (secondary N) is 2. The maximum absolute atomic E-state index is 5.85. The summed E-state index contributed by atoms with van der Waals surface area (Å²) in [5.74, 6) is 7.11. The van der Waals surface area contributed by atoms with Crippen LogP contribution in [-0.2, 0) is 19.5 Å². The molecule has 4 heterocycles. The number of anilines is 4. The quantitative estimate of drug-likeness (QED) is 0.322. The lowest BCUT2D eigenvalue weighted by molar-refractivity contribution is 0.310. The van der Waals surface area contributed by atoms with Gasteiger partial charge in [-0.3, -0.25) is 0 Å². The Morgan fingerprint density at radius 3 is 2.91 bits per heavy atom. The van der Waals surface area contributed by atoms with E-state index in [4.69, 9.17) is 21.3 Å². The van der Waals surface area contributed by atoms with Crippen LogP contribution in [0, 0.1) is 6.92 Å². The Kier molecular flexibility index (Phi) is 6.05. The molecular formula is C24H29N9O. The Hall–Kier alpha value is -4.05. The second-order valence-electron chi connectivity index (χ2n) is 8.40. The van der Waals surface area contributed by atoms with Crippen LogP contribution in [0.2, 0.25) is 0 Å². The summed E-state index contributed by atoms with van der Waals surface area (Å²) in [4.78, 5) is 16.2. The maximum atomic E-state index is 5.85. The molecule has 0 fully saturated rings. The summed E-state index contributed by atoms with van der Waals surface area (Å²) in [5, 5.41) is 8.26. The lowest BCUT2D eigenvalue weighted by atomic mass is 10.0. The molecule has 0 saturated carbocycles. The number of hydrogen-bond acceptors (Lipinski definition) is 10. The van der Waals surface area contributed by atoms with Gasteiger partial charge < -0.3 is 31.0 Å². The van der Waals surface area contributed by atoms with Gasteiger partial charge in [0.05, 0.1) is 30.7 Å². The van der Waals surface area contributed by atoms with E-state index in [1.54, 1.807) is 6.20 Å². The Bertz CT molecular complexity index is 1200. The molecule has 1 aromatic carbocycles. The molecule has 6 N–H and O–H groups in total. The fourth-order valence-electron chi connectivity index (χ4n) is 4.30. The molecule has 10 nitrogen and oxygen atoms in total. The van der Waals surface area contributed by atoms with Gasteiger partial charge >= 0.3 is 0 Å². The molecule has 2 aliphatic heterocycles. The molecule has 0 atom stereocenters. The van der Waals surface area contributed by atoms with E-state index in [-0.39, 0.29) is 0 Å². The van der Waals surface area contributed by atoms with Crippen LogP contribution in [0.4, 0.5) is 23.0 Å². The molecule has 2 aromatic heterocycles. The number of benzene rings is 1. The van der Waals surface area contributed by atoms with Gasteiger partial charge in [0.1, 0.15) is 12.3 Å². The Morgan fingerprint density at radius 1 is 1.24 bits per heavy atom. The third-order valence-electron chi connectivity index (χ3n) is 6.06. The molecule has 10 heteroatoms. The molecule has 5 rings (SSSR count). The number of rotatable bonds is 6. The van der Waals surface area contributed by atoms with E-state index >= 15 is 0 Å². The van der Waals surface area contributed by atoms with Crippen LogP contribution >= 0.6 is 0 Å². The van der Waals surface area contributed by atoms with Gasteiger partial charge in [0.15, 0.2) is 0 Å². The predicted molar refractivity (Wildman–Crippen MR) is 133 cm³/mol. The number of aromatic nitrogens is 3. The van der Waals surface area contributed by atoms with Crippen LogP contribution in [0.5, 0.6) is 5.88 Å². The normalized spacial score (nSPS) is 14.7. The van der Waals surface area contributed by atoms with Gasteiger partial charge in [-0.1, -0.05) is 12.1 Å². The lowest BCUT2D eigenvalue weighted by Gasteiger charge is -2.32. The molecule has 0 amide bonds. The highest BCUT2D eigenvalue weighted by Crippen LogP contribution is 2.36. The summed E-state index contributed by atoms with van der Waals surface area (Å²) >= 11 is 0. The number of pyridine rings is 1. The van der Waals surface area contributed by atoms with Crippen molar-refractivity contribution < 1.29 is 4.74 Å². The number of hydrazine groups is 1. The molecule has 176 valence electrons. The van der Waals surface area contributed by atoms with E-state index in [9.17, 15) is 0 Å². The van der Waals surface area contributed by atoms with Gasteiger partial charge in [0.25, 0.3) is 0 Å². The van der Waals surface area contributed by atoms with E-state index in [1.165, 1.54) is 16.8 Å². The third kappa shape index (κ3) is 4.53. The first kappa shape index (κ1) is 21.8. The average molecular weight is 460 g/mol. The molecule has 0 unspecified atom stereocenters. The number of nitrogens with zero attached hydrogens (tertiary/aromatic N) is 5. The number of fused-ring (bicyclic) bond motifs is 2. The Labute approximate surface area is 198 Å². The van der Waals surface area contributed by atoms with E-state index < -0.39 is 0 Å². The molecule has 0 aliphatic carbocycles. The molecule has 34 heavy (non-hydrogen) atoms. The summed E-state index contributed by atoms with van der Waals surface area (Å²) in [7, 11) is 0. The van der Waals surface area contributed by atoms with Crippen molar-refractivity contribution in [1.29, 1.82) is 0 Å². The van der Waals surface area contributed by atoms with Crippen molar-refractivity contribution in [2.45, 2.75) is 26.4 Å². The topological polar surface area (TPSA) is 130 Å². The van der Waals surface area contributed by atoms with Gasteiger partial charge in [0.2, 0.25) is 11.8 Å². The fourth-order valence-corrected chi connectivity index (χ4v) is 4.30. The third-order valence-corrected chi connectivity index (χ3v) is 6.06. The lowest BCUT2D eigenvalue weighted by Crippen LogP contribution is -2.32. The molecule has 0 radical (unpaired) electrons. The van der Waals surface area contributed by atoms with Crippen LogP contribution in [0.15, 0.2) is 49.1 Å². The van der Waals surface area contributed by atoms with Crippen molar-refractivity contribution >= 4 is 23.0 Å².